The third-order valence-corrected chi connectivity index (χ3v) is 14.0. The Morgan fingerprint density at radius 1 is 0.871 bits per heavy atom. The molecule has 0 radical (unpaired) electrons. The summed E-state index contributed by atoms with van der Waals surface area (Å²) >= 11 is 0. The number of oxime groups is 1. The van der Waals surface area contributed by atoms with Gasteiger partial charge in [-0.05, 0) is 97.9 Å². The van der Waals surface area contributed by atoms with Crippen LogP contribution in [0, 0.1) is 23.6 Å². The second kappa shape index (κ2) is 28.6. The summed E-state index contributed by atoms with van der Waals surface area (Å²) in [7, 11) is 0. The molecule has 13 heteroatoms. The van der Waals surface area contributed by atoms with Crippen LogP contribution in [0.1, 0.15) is 146 Å². The van der Waals surface area contributed by atoms with Gasteiger partial charge in [-0.25, -0.2) is 14.0 Å². The zero-order valence-corrected chi connectivity index (χ0v) is 41.7. The molecule has 70 heavy (non-hydrogen) atoms. The van der Waals surface area contributed by atoms with E-state index in [0.29, 0.717) is 48.6 Å². The van der Waals surface area contributed by atoms with Gasteiger partial charge < -0.3 is 39.3 Å². The maximum Gasteiger partial charge on any atom is 0.412 e. The van der Waals surface area contributed by atoms with Crippen LogP contribution >= 0.6 is 0 Å². The molecule has 0 saturated heterocycles. The minimum Gasteiger partial charge on any atom is -0.459 e. The number of fused-ring (bicyclic) bond motifs is 2. The Bertz CT molecular complexity index is 2130. The molecule has 3 aromatic carbocycles. The number of rotatable bonds is 30. The van der Waals surface area contributed by atoms with Gasteiger partial charge in [-0.1, -0.05) is 137 Å². The van der Waals surface area contributed by atoms with Crippen molar-refractivity contribution in [1.29, 1.82) is 0 Å². The lowest BCUT2D eigenvalue weighted by Gasteiger charge is -2.59. The number of allylic oxidation sites excluding steroid dienone is 1. The lowest BCUT2D eigenvalue weighted by atomic mass is 9.55. The van der Waals surface area contributed by atoms with Crippen molar-refractivity contribution >= 4 is 17.9 Å². The Morgan fingerprint density at radius 2 is 1.57 bits per heavy atom. The van der Waals surface area contributed by atoms with Gasteiger partial charge in [0.15, 0.2) is 0 Å². The molecule has 6 atom stereocenters. The van der Waals surface area contributed by atoms with Crippen molar-refractivity contribution in [3.8, 4) is 11.5 Å². The highest BCUT2D eigenvalue weighted by molar-refractivity contribution is 6.03. The van der Waals surface area contributed by atoms with Crippen molar-refractivity contribution < 1.29 is 48.0 Å². The van der Waals surface area contributed by atoms with Crippen LogP contribution in [0.15, 0.2) is 102 Å². The van der Waals surface area contributed by atoms with Gasteiger partial charge in [0.25, 0.3) is 0 Å². The second-order valence-corrected chi connectivity index (χ2v) is 19.0. The minimum absolute atomic E-state index is 0.00488. The highest BCUT2D eigenvalue weighted by atomic mass is 19.1. The third-order valence-electron chi connectivity index (χ3n) is 14.0. The van der Waals surface area contributed by atoms with Crippen LogP contribution in [-0.2, 0) is 27.5 Å². The molecule has 1 heterocycles. The molecule has 3 aromatic rings. The Morgan fingerprint density at radius 3 is 2.26 bits per heavy atom. The van der Waals surface area contributed by atoms with Gasteiger partial charge in [0.2, 0.25) is 5.79 Å². The highest BCUT2D eigenvalue weighted by Gasteiger charge is 2.65. The van der Waals surface area contributed by atoms with Gasteiger partial charge in [0.1, 0.15) is 30.0 Å². The average molecular weight is 968 g/mol. The van der Waals surface area contributed by atoms with Crippen LogP contribution in [0.4, 0.5) is 14.0 Å². The van der Waals surface area contributed by atoms with E-state index in [0.717, 1.165) is 61.6 Å². The number of hydrogen-bond acceptors (Lipinski definition) is 10. The van der Waals surface area contributed by atoms with E-state index in [4.69, 9.17) is 28.9 Å². The summed E-state index contributed by atoms with van der Waals surface area (Å²) in [6, 6.07) is 20.4. The number of benzene rings is 3. The molecule has 2 amide bonds. The molecule has 382 valence electrons. The van der Waals surface area contributed by atoms with Crippen molar-refractivity contribution in [2.75, 3.05) is 33.0 Å². The first-order chi connectivity index (χ1) is 34.3. The van der Waals surface area contributed by atoms with E-state index in [1.54, 1.807) is 35.2 Å². The van der Waals surface area contributed by atoms with Gasteiger partial charge in [-0.15, -0.1) is 6.58 Å². The van der Waals surface area contributed by atoms with Gasteiger partial charge in [0, 0.05) is 44.2 Å². The van der Waals surface area contributed by atoms with Crippen molar-refractivity contribution in [1.82, 2.24) is 10.2 Å². The Balaban J connectivity index is 1.47. The van der Waals surface area contributed by atoms with Crippen LogP contribution < -0.4 is 14.8 Å². The van der Waals surface area contributed by atoms with Crippen LogP contribution in [0.2, 0.25) is 0 Å². The molecule has 1 fully saturated rings. The Labute approximate surface area is 415 Å². The number of nitrogens with zero attached hydrogens (tertiary/aromatic N) is 2. The van der Waals surface area contributed by atoms with E-state index in [2.05, 4.69) is 24.9 Å². The minimum atomic E-state index is -1.56. The molecular weight excluding hydrogens is 890 g/mol. The zero-order valence-electron chi connectivity index (χ0n) is 41.7. The van der Waals surface area contributed by atoms with Gasteiger partial charge in [-0.3, -0.25) is 4.90 Å². The second-order valence-electron chi connectivity index (χ2n) is 19.0. The molecule has 3 aliphatic rings. The molecule has 12 nitrogen and oxygen atoms in total. The van der Waals surface area contributed by atoms with Gasteiger partial charge in [-0.2, -0.15) is 0 Å². The number of amides is 2. The predicted octanol–water partition coefficient (Wildman–Crippen LogP) is 12.3. The summed E-state index contributed by atoms with van der Waals surface area (Å²) in [5.74, 6) is -2.09. The molecule has 6 unspecified atom stereocenters. The molecule has 3 N–H and O–H groups in total. The summed E-state index contributed by atoms with van der Waals surface area (Å²) in [5.41, 5.74) is 3.93. The van der Waals surface area contributed by atoms with Crippen LogP contribution in [0.25, 0.3) is 0 Å². The SMILES string of the molecule is C=CCOC12Oc3ccc(OC(=O)NCC)cc3C3C(CCCCO)C(CCCCO)C=C(C(=NOCc4ccccc4)CC1N(Cc1ccc(F)cc1)C(=O)OCCCCCCCCCCCC)C32. The average Bonchev–Trinajstić information content (AvgIpc) is 3.36. The normalized spacial score (nSPS) is 21.7. The molecular formula is C57H78FN3O9. The lowest BCUT2D eigenvalue weighted by molar-refractivity contribution is -0.256. The monoisotopic (exact) mass is 968 g/mol. The summed E-state index contributed by atoms with van der Waals surface area (Å²) in [6.07, 6.45) is 18.6. The van der Waals surface area contributed by atoms with Gasteiger partial charge >= 0.3 is 12.2 Å². The maximum absolute atomic E-state index is 15.0. The quantitative estimate of drug-likeness (QED) is 0.0337. The van der Waals surface area contributed by atoms with Crippen molar-refractivity contribution in [2.45, 2.75) is 154 Å². The molecule has 1 aliphatic heterocycles. The zero-order chi connectivity index (χ0) is 49.6. The van der Waals surface area contributed by atoms with Crippen LogP contribution in [-0.4, -0.2) is 77.8 Å². The van der Waals surface area contributed by atoms with Crippen LogP contribution in [0.3, 0.4) is 0 Å². The van der Waals surface area contributed by atoms with E-state index >= 15 is 4.79 Å². The fraction of sp³-hybridized carbons (Fsp3) is 0.561. The summed E-state index contributed by atoms with van der Waals surface area (Å²) in [4.78, 5) is 35.8. The lowest BCUT2D eigenvalue weighted by Crippen LogP contribution is -2.70. The predicted molar refractivity (Wildman–Crippen MR) is 271 cm³/mol. The van der Waals surface area contributed by atoms with Crippen molar-refractivity contribution in [3.63, 3.8) is 0 Å². The van der Waals surface area contributed by atoms with E-state index < -0.39 is 35.8 Å². The number of carbonyl (C=O) groups is 2. The first kappa shape index (κ1) is 54.1. The molecule has 6 rings (SSSR count). The third kappa shape index (κ3) is 14.7. The summed E-state index contributed by atoms with van der Waals surface area (Å²) in [6.45, 7) is 9.17. The maximum atomic E-state index is 15.0. The topological polar surface area (TPSA) is 148 Å². The van der Waals surface area contributed by atoms with E-state index in [9.17, 15) is 19.4 Å². The van der Waals surface area contributed by atoms with Crippen molar-refractivity contribution in [2.24, 2.45) is 22.9 Å². The number of unbranched alkanes of at least 4 members (excludes halogenated alkanes) is 11. The van der Waals surface area contributed by atoms with E-state index in [-0.39, 0.29) is 63.8 Å². The number of hydrogen-bond donors (Lipinski definition) is 3. The standard InChI is InChI=1S/C57H78FN3O9/c1-4-7-8-9-10-11-12-13-14-22-36-66-56(65)61(40-42-27-29-45(58)30-28-42)52-39-50(60-68-41-43-23-16-15-17-24-43)48-37-44(25-18-20-33-62)47(26-19-21-34-63)53-49-38-46(69-55(64)59-6-3)31-32-51(49)70-57(52,54(48)53)67-35-5-2/h5,15-17,23-24,27-32,37-38,44,47,52-54,62-63H,2,4,6-14,18-22,25-26,33-36,39-41H2,1,3H3,(H,59,64). The molecule has 0 spiro atoms. The molecule has 2 aliphatic carbocycles. The van der Waals surface area contributed by atoms with Crippen molar-refractivity contribution in [3.05, 3.63) is 120 Å². The smallest absolute Gasteiger partial charge is 0.412 e. The molecule has 0 bridgehead atoms. The number of aliphatic hydroxyl groups is 2. The number of ether oxygens (including phenoxy) is 4. The molecule has 0 aromatic heterocycles. The van der Waals surface area contributed by atoms with Gasteiger partial charge in [0.05, 0.1) is 24.8 Å². The first-order valence-electron chi connectivity index (χ1n) is 26.1. The fourth-order valence-corrected chi connectivity index (χ4v) is 10.7. The summed E-state index contributed by atoms with van der Waals surface area (Å²) in [5, 5.41) is 27.7. The number of halogens is 1. The highest BCUT2D eigenvalue weighted by Crippen LogP contribution is 2.62. The first-order valence-corrected chi connectivity index (χ1v) is 26.1. The van der Waals surface area contributed by atoms with E-state index in [1.165, 1.54) is 50.7 Å². The largest absolute Gasteiger partial charge is 0.459 e. The number of carbonyl (C=O) groups excluding carboxylic acids is 2. The fourth-order valence-electron chi connectivity index (χ4n) is 10.7. The number of aliphatic hydroxyl groups excluding tert-OH is 2. The van der Waals surface area contributed by atoms with E-state index in [1.807, 2.05) is 43.3 Å². The Hall–Kier alpha value is -5.24. The number of nitrogens with one attached hydrogen (secondary N) is 1. The summed E-state index contributed by atoms with van der Waals surface area (Å²) < 4.78 is 41.0. The molecule has 1 saturated carbocycles. The Kier molecular flexibility index (Phi) is 22.1. The van der Waals surface area contributed by atoms with Crippen LogP contribution in [0.5, 0.6) is 11.5 Å².